The van der Waals surface area contributed by atoms with Gasteiger partial charge in [0.2, 0.25) is 0 Å². The Morgan fingerprint density at radius 2 is 1.31 bits per heavy atom. The molecule has 0 nitrogen and oxygen atoms in total. The van der Waals surface area contributed by atoms with E-state index < -0.39 is 0 Å². The van der Waals surface area contributed by atoms with E-state index >= 15 is 0 Å². The third-order valence-corrected chi connectivity index (χ3v) is 2.17. The van der Waals surface area contributed by atoms with Gasteiger partial charge in [-0.25, -0.2) is 0 Å². The molecule has 0 fully saturated rings. The molecule has 0 aromatic rings. The molecule has 0 aliphatic carbocycles. The minimum absolute atomic E-state index is 0. The van der Waals surface area contributed by atoms with Crippen LogP contribution in [-0.2, 0) is 22.4 Å². The standard InChI is InChI=1S/C12H22.Au/c1-3-5-7-9-11-12-10-8-6-4-2;/h1H,4-12H2,2H3;. The Morgan fingerprint density at radius 1 is 0.846 bits per heavy atom. The Kier molecular flexibility index (Phi) is 17.9. The third-order valence-electron chi connectivity index (χ3n) is 2.17. The Morgan fingerprint density at radius 3 is 1.77 bits per heavy atom. The van der Waals surface area contributed by atoms with Gasteiger partial charge in [-0.15, -0.1) is 12.3 Å². The van der Waals surface area contributed by atoms with E-state index in [0.29, 0.717) is 0 Å². The summed E-state index contributed by atoms with van der Waals surface area (Å²) in [6.07, 6.45) is 17.1. The van der Waals surface area contributed by atoms with Crippen molar-refractivity contribution >= 4 is 0 Å². The zero-order valence-corrected chi connectivity index (χ0v) is 10.9. The molecule has 0 saturated heterocycles. The van der Waals surface area contributed by atoms with E-state index in [0.717, 1.165) is 6.42 Å². The summed E-state index contributed by atoms with van der Waals surface area (Å²) >= 11 is 0. The quantitative estimate of drug-likeness (QED) is 0.345. The summed E-state index contributed by atoms with van der Waals surface area (Å²) in [4.78, 5) is 0. The summed E-state index contributed by atoms with van der Waals surface area (Å²) in [6.45, 7) is 2.26. The van der Waals surface area contributed by atoms with Crippen molar-refractivity contribution in [1.82, 2.24) is 0 Å². The second-order valence-electron chi connectivity index (χ2n) is 3.43. The van der Waals surface area contributed by atoms with Crippen LogP contribution in [0, 0.1) is 12.3 Å². The van der Waals surface area contributed by atoms with Gasteiger partial charge >= 0.3 is 0 Å². The smallest absolute Gasteiger partial charge is 0.00860 e. The fourth-order valence-electron chi connectivity index (χ4n) is 1.36. The zero-order valence-electron chi connectivity index (χ0n) is 8.74. The molecule has 0 spiro atoms. The second kappa shape index (κ2) is 14.8. The van der Waals surface area contributed by atoms with E-state index in [1.165, 1.54) is 51.4 Å². The van der Waals surface area contributed by atoms with Crippen molar-refractivity contribution in [3.63, 3.8) is 0 Å². The molecular formula is C12H22Au. The molecule has 0 N–H and O–H groups in total. The molecular weight excluding hydrogens is 341 g/mol. The van der Waals surface area contributed by atoms with Crippen molar-refractivity contribution in [2.75, 3.05) is 0 Å². The number of rotatable bonds is 8. The third kappa shape index (κ3) is 15.1. The summed E-state index contributed by atoms with van der Waals surface area (Å²) in [5.74, 6) is 2.68. The first-order chi connectivity index (χ1) is 5.91. The minimum Gasteiger partial charge on any atom is -0.120 e. The number of hydrogen-bond acceptors (Lipinski definition) is 0. The van der Waals surface area contributed by atoms with Crippen LogP contribution in [-0.4, -0.2) is 0 Å². The number of hydrogen-bond donors (Lipinski definition) is 0. The van der Waals surface area contributed by atoms with E-state index in [2.05, 4.69) is 12.8 Å². The minimum atomic E-state index is 0. The summed E-state index contributed by atoms with van der Waals surface area (Å²) in [6, 6.07) is 0. The average molecular weight is 363 g/mol. The first-order valence-electron chi connectivity index (χ1n) is 5.35. The normalized spacial score (nSPS) is 8.92. The number of terminal acetylenes is 1. The van der Waals surface area contributed by atoms with Crippen LogP contribution >= 0.6 is 0 Å². The molecule has 0 amide bonds. The molecule has 1 heteroatoms. The van der Waals surface area contributed by atoms with Crippen molar-refractivity contribution in [2.45, 2.75) is 64.7 Å². The van der Waals surface area contributed by atoms with Crippen LogP contribution in [0.1, 0.15) is 64.7 Å². The molecule has 0 atom stereocenters. The Balaban J connectivity index is 0. The molecule has 1 radical (unpaired) electrons. The summed E-state index contributed by atoms with van der Waals surface area (Å²) in [5.41, 5.74) is 0. The molecule has 0 rings (SSSR count). The van der Waals surface area contributed by atoms with Gasteiger partial charge in [-0.1, -0.05) is 51.9 Å². The molecule has 13 heavy (non-hydrogen) atoms. The van der Waals surface area contributed by atoms with Gasteiger partial charge in [-0.05, 0) is 6.42 Å². The van der Waals surface area contributed by atoms with Crippen LogP contribution < -0.4 is 0 Å². The van der Waals surface area contributed by atoms with Gasteiger partial charge in [0.15, 0.2) is 0 Å². The van der Waals surface area contributed by atoms with Crippen molar-refractivity contribution in [1.29, 1.82) is 0 Å². The maximum absolute atomic E-state index is 5.16. The number of unbranched alkanes of at least 4 members (excludes halogenated alkanes) is 8. The van der Waals surface area contributed by atoms with E-state index in [4.69, 9.17) is 6.42 Å². The molecule has 0 unspecified atom stereocenters. The summed E-state index contributed by atoms with van der Waals surface area (Å²) in [7, 11) is 0. The molecule has 0 aromatic heterocycles. The second-order valence-corrected chi connectivity index (χ2v) is 3.43. The fourth-order valence-corrected chi connectivity index (χ4v) is 1.36. The van der Waals surface area contributed by atoms with E-state index in [1.54, 1.807) is 0 Å². The van der Waals surface area contributed by atoms with Gasteiger partial charge in [0.25, 0.3) is 0 Å². The molecule has 0 aliphatic rings. The van der Waals surface area contributed by atoms with E-state index in [9.17, 15) is 0 Å². The van der Waals surface area contributed by atoms with Gasteiger partial charge < -0.3 is 0 Å². The largest absolute Gasteiger partial charge is 0.120 e. The van der Waals surface area contributed by atoms with Crippen LogP contribution in [0.4, 0.5) is 0 Å². The van der Waals surface area contributed by atoms with Crippen molar-refractivity contribution in [3.8, 4) is 12.3 Å². The topological polar surface area (TPSA) is 0 Å². The van der Waals surface area contributed by atoms with Crippen LogP contribution in [0.25, 0.3) is 0 Å². The van der Waals surface area contributed by atoms with Crippen LogP contribution in [0.3, 0.4) is 0 Å². The Hall–Kier alpha value is 0.300. The SMILES string of the molecule is C#CCCCCCCCCCC.[Au]. The molecule has 81 valence electrons. The first kappa shape index (κ1) is 15.8. The van der Waals surface area contributed by atoms with Gasteiger partial charge in [0.1, 0.15) is 0 Å². The van der Waals surface area contributed by atoms with Gasteiger partial charge in [0.05, 0.1) is 0 Å². The van der Waals surface area contributed by atoms with E-state index in [1.807, 2.05) is 0 Å². The van der Waals surface area contributed by atoms with Crippen LogP contribution in [0.5, 0.6) is 0 Å². The summed E-state index contributed by atoms with van der Waals surface area (Å²) < 4.78 is 0. The maximum Gasteiger partial charge on any atom is 0.00860 e. The van der Waals surface area contributed by atoms with Gasteiger partial charge in [-0.2, -0.15) is 0 Å². The van der Waals surface area contributed by atoms with Gasteiger partial charge in [-0.3, -0.25) is 0 Å². The molecule has 0 aliphatic heterocycles. The molecule has 0 bridgehead atoms. The predicted molar refractivity (Wildman–Crippen MR) is 56.1 cm³/mol. The first-order valence-corrected chi connectivity index (χ1v) is 5.35. The monoisotopic (exact) mass is 363 g/mol. The van der Waals surface area contributed by atoms with Crippen molar-refractivity contribution in [2.24, 2.45) is 0 Å². The molecule has 0 saturated carbocycles. The summed E-state index contributed by atoms with van der Waals surface area (Å²) in [5, 5.41) is 0. The van der Waals surface area contributed by atoms with Crippen LogP contribution in [0.2, 0.25) is 0 Å². The van der Waals surface area contributed by atoms with Crippen molar-refractivity contribution in [3.05, 3.63) is 0 Å². The predicted octanol–water partition coefficient (Wildman–Crippen LogP) is 4.15. The van der Waals surface area contributed by atoms with E-state index in [-0.39, 0.29) is 22.4 Å². The van der Waals surface area contributed by atoms with Crippen LogP contribution in [0.15, 0.2) is 0 Å². The molecule has 0 aromatic carbocycles. The maximum atomic E-state index is 5.16. The van der Waals surface area contributed by atoms with Crippen molar-refractivity contribution < 1.29 is 22.4 Å². The average Bonchev–Trinajstić information content (AvgIpc) is 2.10. The van der Waals surface area contributed by atoms with Gasteiger partial charge in [0, 0.05) is 28.8 Å². The zero-order chi connectivity index (χ0) is 9.07. The Bertz CT molecular complexity index is 113. The molecule has 0 heterocycles. The Labute approximate surface area is 99.4 Å². The fraction of sp³-hybridized carbons (Fsp3) is 0.833.